The van der Waals surface area contributed by atoms with E-state index in [4.69, 9.17) is 9.47 Å². The normalized spacial score (nSPS) is 24.1. The third-order valence-corrected chi connectivity index (χ3v) is 2.92. The molecule has 1 aromatic carbocycles. The second-order valence-corrected chi connectivity index (χ2v) is 4.25. The summed E-state index contributed by atoms with van der Waals surface area (Å²) in [5.41, 5.74) is 2.30. The third kappa shape index (κ3) is 1.95. The van der Waals surface area contributed by atoms with Crippen molar-refractivity contribution in [3.63, 3.8) is 0 Å². The van der Waals surface area contributed by atoms with Gasteiger partial charge >= 0.3 is 0 Å². The predicted molar refractivity (Wildman–Crippen MR) is 60.8 cm³/mol. The number of aryl methyl sites for hydroxylation is 2. The van der Waals surface area contributed by atoms with Crippen molar-refractivity contribution in [1.82, 2.24) is 0 Å². The van der Waals surface area contributed by atoms with Crippen molar-refractivity contribution in [3.05, 3.63) is 29.3 Å². The van der Waals surface area contributed by atoms with Gasteiger partial charge in [-0.2, -0.15) is 0 Å². The Morgan fingerprint density at radius 3 is 2.62 bits per heavy atom. The lowest BCUT2D eigenvalue weighted by Gasteiger charge is -2.34. The molecular formula is C13H16O3. The molecule has 1 aliphatic carbocycles. The summed E-state index contributed by atoms with van der Waals surface area (Å²) in [7, 11) is 1.54. The van der Waals surface area contributed by atoms with Crippen molar-refractivity contribution in [2.45, 2.75) is 32.5 Å². The van der Waals surface area contributed by atoms with Gasteiger partial charge in [0, 0.05) is 13.5 Å². The molecule has 2 rings (SSSR count). The number of methoxy groups -OCH3 is 1. The highest BCUT2D eigenvalue weighted by atomic mass is 16.5. The number of rotatable bonds is 3. The lowest BCUT2D eigenvalue weighted by Crippen LogP contribution is -2.51. The minimum atomic E-state index is -0.388. The van der Waals surface area contributed by atoms with E-state index < -0.39 is 0 Å². The van der Waals surface area contributed by atoms with Crippen LogP contribution in [0.2, 0.25) is 0 Å². The minimum absolute atomic E-state index is 0.122. The molecule has 2 atom stereocenters. The Morgan fingerprint density at radius 2 is 2.06 bits per heavy atom. The van der Waals surface area contributed by atoms with Gasteiger partial charge in [0.2, 0.25) is 0 Å². The van der Waals surface area contributed by atoms with Crippen molar-refractivity contribution < 1.29 is 14.3 Å². The number of carbonyl (C=O) groups is 1. The molecule has 0 amide bonds. The topological polar surface area (TPSA) is 35.5 Å². The Labute approximate surface area is 95.4 Å². The lowest BCUT2D eigenvalue weighted by molar-refractivity contribution is -0.151. The number of ketones is 1. The molecule has 0 bridgehead atoms. The smallest absolute Gasteiger partial charge is 0.169 e. The summed E-state index contributed by atoms with van der Waals surface area (Å²) < 4.78 is 10.8. The molecule has 1 saturated carbocycles. The zero-order valence-electron chi connectivity index (χ0n) is 9.82. The van der Waals surface area contributed by atoms with Crippen LogP contribution in [-0.4, -0.2) is 25.1 Å². The molecule has 16 heavy (non-hydrogen) atoms. The summed E-state index contributed by atoms with van der Waals surface area (Å²) in [4.78, 5) is 11.2. The summed E-state index contributed by atoms with van der Waals surface area (Å²) in [5.74, 6) is 0.961. The van der Waals surface area contributed by atoms with Crippen molar-refractivity contribution >= 4 is 5.78 Å². The quantitative estimate of drug-likeness (QED) is 0.782. The molecule has 0 saturated heterocycles. The van der Waals surface area contributed by atoms with E-state index in [0.717, 1.165) is 11.3 Å². The zero-order chi connectivity index (χ0) is 11.7. The molecular weight excluding hydrogens is 204 g/mol. The summed E-state index contributed by atoms with van der Waals surface area (Å²) in [6.45, 7) is 4.05. The Kier molecular flexibility index (Phi) is 2.97. The van der Waals surface area contributed by atoms with Crippen LogP contribution in [-0.2, 0) is 9.53 Å². The van der Waals surface area contributed by atoms with E-state index in [1.807, 2.05) is 26.0 Å². The number of hydrogen-bond acceptors (Lipinski definition) is 3. The first-order chi connectivity index (χ1) is 7.61. The van der Waals surface area contributed by atoms with Crippen LogP contribution >= 0.6 is 0 Å². The second-order valence-electron chi connectivity index (χ2n) is 4.25. The van der Waals surface area contributed by atoms with Crippen LogP contribution in [0.4, 0.5) is 0 Å². The molecule has 0 spiro atoms. The van der Waals surface area contributed by atoms with E-state index in [9.17, 15) is 4.79 Å². The van der Waals surface area contributed by atoms with Crippen molar-refractivity contribution in [2.24, 2.45) is 0 Å². The monoisotopic (exact) mass is 220 g/mol. The van der Waals surface area contributed by atoms with Crippen LogP contribution in [0.15, 0.2) is 18.2 Å². The molecule has 0 aromatic heterocycles. The number of carbonyl (C=O) groups excluding carboxylic acids is 1. The van der Waals surface area contributed by atoms with Crippen LogP contribution in [0.5, 0.6) is 5.75 Å². The Morgan fingerprint density at radius 1 is 1.31 bits per heavy atom. The SMILES string of the molecule is COC1C(=O)CC1Oc1ccc(C)cc1C. The Bertz CT molecular complexity index is 412. The van der Waals surface area contributed by atoms with Gasteiger partial charge in [0.15, 0.2) is 11.9 Å². The summed E-state index contributed by atoms with van der Waals surface area (Å²) in [6.07, 6.45) is -0.0640. The average Bonchev–Trinajstić information content (AvgIpc) is 2.21. The highest BCUT2D eigenvalue weighted by molar-refractivity contribution is 5.90. The molecule has 0 aliphatic heterocycles. The van der Waals surface area contributed by atoms with E-state index in [1.54, 1.807) is 7.11 Å². The molecule has 0 N–H and O–H groups in total. The fourth-order valence-corrected chi connectivity index (χ4v) is 1.95. The standard InChI is InChI=1S/C13H16O3/c1-8-4-5-11(9(2)6-8)16-12-7-10(14)13(12)15-3/h4-6,12-13H,7H2,1-3H3. The van der Waals surface area contributed by atoms with Gasteiger partial charge in [-0.25, -0.2) is 0 Å². The number of Topliss-reactive ketones (excluding diaryl/α,β-unsaturated/α-hetero) is 1. The van der Waals surface area contributed by atoms with Gasteiger partial charge in [0.25, 0.3) is 0 Å². The van der Waals surface area contributed by atoms with Crippen LogP contribution in [0.3, 0.4) is 0 Å². The van der Waals surface area contributed by atoms with Gasteiger partial charge < -0.3 is 9.47 Å². The maximum atomic E-state index is 11.2. The Hall–Kier alpha value is -1.35. The predicted octanol–water partition coefficient (Wildman–Crippen LogP) is 2.04. The molecule has 2 unspecified atom stereocenters. The molecule has 86 valence electrons. The van der Waals surface area contributed by atoms with Crippen LogP contribution in [0.1, 0.15) is 17.5 Å². The van der Waals surface area contributed by atoms with Gasteiger partial charge in [0.05, 0.1) is 0 Å². The van der Waals surface area contributed by atoms with Crippen molar-refractivity contribution in [2.75, 3.05) is 7.11 Å². The molecule has 3 heteroatoms. The van der Waals surface area contributed by atoms with Gasteiger partial charge in [-0.05, 0) is 25.5 Å². The van der Waals surface area contributed by atoms with Gasteiger partial charge in [-0.15, -0.1) is 0 Å². The molecule has 3 nitrogen and oxygen atoms in total. The molecule has 1 aliphatic rings. The largest absolute Gasteiger partial charge is 0.486 e. The van der Waals surface area contributed by atoms with Crippen LogP contribution < -0.4 is 4.74 Å². The highest BCUT2D eigenvalue weighted by Gasteiger charge is 2.42. The Balaban J connectivity index is 2.07. The highest BCUT2D eigenvalue weighted by Crippen LogP contribution is 2.27. The van der Waals surface area contributed by atoms with Gasteiger partial charge in [-0.1, -0.05) is 17.7 Å². The number of benzene rings is 1. The first-order valence-electron chi connectivity index (χ1n) is 5.41. The zero-order valence-corrected chi connectivity index (χ0v) is 9.82. The maximum Gasteiger partial charge on any atom is 0.169 e. The van der Waals surface area contributed by atoms with E-state index >= 15 is 0 Å². The second kappa shape index (κ2) is 4.26. The van der Waals surface area contributed by atoms with Gasteiger partial charge in [0.1, 0.15) is 11.9 Å². The van der Waals surface area contributed by atoms with Crippen LogP contribution in [0, 0.1) is 13.8 Å². The van der Waals surface area contributed by atoms with Crippen molar-refractivity contribution in [3.8, 4) is 5.75 Å². The molecule has 1 aromatic rings. The van der Waals surface area contributed by atoms with Crippen LogP contribution in [0.25, 0.3) is 0 Å². The lowest BCUT2D eigenvalue weighted by atomic mass is 9.90. The summed E-state index contributed by atoms with van der Waals surface area (Å²) in [6, 6.07) is 6.02. The number of hydrogen-bond donors (Lipinski definition) is 0. The fraction of sp³-hybridized carbons (Fsp3) is 0.462. The first-order valence-corrected chi connectivity index (χ1v) is 5.41. The fourth-order valence-electron chi connectivity index (χ4n) is 1.95. The molecule has 0 heterocycles. The number of ether oxygens (including phenoxy) is 2. The first kappa shape index (κ1) is 11.1. The molecule has 0 radical (unpaired) electrons. The third-order valence-electron chi connectivity index (χ3n) is 2.92. The summed E-state index contributed by atoms with van der Waals surface area (Å²) in [5, 5.41) is 0. The average molecular weight is 220 g/mol. The maximum absolute atomic E-state index is 11.2. The summed E-state index contributed by atoms with van der Waals surface area (Å²) >= 11 is 0. The van der Waals surface area contributed by atoms with E-state index in [-0.39, 0.29) is 18.0 Å². The van der Waals surface area contributed by atoms with E-state index in [2.05, 4.69) is 6.07 Å². The van der Waals surface area contributed by atoms with E-state index in [1.165, 1.54) is 5.56 Å². The van der Waals surface area contributed by atoms with Gasteiger partial charge in [-0.3, -0.25) is 4.79 Å². The van der Waals surface area contributed by atoms with Crippen molar-refractivity contribution in [1.29, 1.82) is 0 Å². The molecule has 1 fully saturated rings. The van der Waals surface area contributed by atoms with E-state index in [0.29, 0.717) is 6.42 Å². The minimum Gasteiger partial charge on any atom is -0.486 e.